The van der Waals surface area contributed by atoms with E-state index in [1.807, 2.05) is 18.2 Å². The zero-order valence-electron chi connectivity index (χ0n) is 10.7. The lowest BCUT2D eigenvalue weighted by Gasteiger charge is -2.09. The molecule has 1 nitrogen and oxygen atoms in total. The van der Waals surface area contributed by atoms with Crippen LogP contribution in [0.5, 0.6) is 5.75 Å². The molecule has 0 heterocycles. The van der Waals surface area contributed by atoms with Gasteiger partial charge in [0.2, 0.25) is 0 Å². The van der Waals surface area contributed by atoms with Gasteiger partial charge in [-0.1, -0.05) is 36.4 Å². The first-order valence-corrected chi connectivity index (χ1v) is 6.60. The summed E-state index contributed by atoms with van der Waals surface area (Å²) in [5, 5.41) is 0. The average Bonchev–Trinajstić information content (AvgIpc) is 3.22. The normalized spacial score (nSPS) is 14.5. The molecule has 2 aromatic rings. The van der Waals surface area contributed by atoms with Crippen molar-refractivity contribution in [2.75, 3.05) is 0 Å². The molecule has 0 atom stereocenters. The Kier molecular flexibility index (Phi) is 3.06. The maximum atomic E-state index is 5.83. The van der Waals surface area contributed by atoms with Crippen molar-refractivity contribution in [2.24, 2.45) is 0 Å². The van der Waals surface area contributed by atoms with E-state index in [1.165, 1.54) is 29.5 Å². The first-order chi connectivity index (χ1) is 8.83. The third-order valence-corrected chi connectivity index (χ3v) is 3.51. The lowest BCUT2D eigenvalue weighted by atomic mass is 10.0. The van der Waals surface area contributed by atoms with Crippen molar-refractivity contribution >= 4 is 0 Å². The molecule has 0 radical (unpaired) electrons. The predicted molar refractivity (Wildman–Crippen MR) is 73.9 cm³/mol. The van der Waals surface area contributed by atoms with Gasteiger partial charge in [-0.05, 0) is 54.5 Å². The van der Waals surface area contributed by atoms with Gasteiger partial charge in [-0.2, -0.15) is 0 Å². The summed E-state index contributed by atoms with van der Waals surface area (Å²) in [4.78, 5) is 0. The van der Waals surface area contributed by atoms with E-state index in [9.17, 15) is 0 Å². The molecule has 0 spiro atoms. The molecule has 2 aromatic carbocycles. The molecule has 0 aromatic heterocycles. The minimum absolute atomic E-state index is 0.642. The van der Waals surface area contributed by atoms with Crippen molar-refractivity contribution in [2.45, 2.75) is 32.3 Å². The Balaban J connectivity index is 1.68. The molecule has 92 valence electrons. The highest BCUT2D eigenvalue weighted by Gasteiger charge is 2.24. The van der Waals surface area contributed by atoms with E-state index in [0.717, 1.165) is 11.7 Å². The standard InChI is InChI=1S/C17H18O/c1-13-11-16(9-10-17(13)15-7-8-15)18-12-14-5-3-2-4-6-14/h2-6,9-11,15H,7-8,12H2,1H3. The van der Waals surface area contributed by atoms with Crippen LogP contribution in [0.2, 0.25) is 0 Å². The number of benzene rings is 2. The number of ether oxygens (including phenoxy) is 1. The molecule has 1 saturated carbocycles. The highest BCUT2D eigenvalue weighted by Crippen LogP contribution is 2.42. The van der Waals surface area contributed by atoms with Crippen molar-refractivity contribution in [3.63, 3.8) is 0 Å². The van der Waals surface area contributed by atoms with E-state index < -0.39 is 0 Å². The molecule has 0 amide bonds. The van der Waals surface area contributed by atoms with Gasteiger partial charge in [0.25, 0.3) is 0 Å². The van der Waals surface area contributed by atoms with Crippen LogP contribution in [-0.2, 0) is 6.61 Å². The Morgan fingerprint density at radius 1 is 1.06 bits per heavy atom. The lowest BCUT2D eigenvalue weighted by Crippen LogP contribution is -1.96. The second-order valence-corrected chi connectivity index (χ2v) is 5.07. The summed E-state index contributed by atoms with van der Waals surface area (Å²) in [7, 11) is 0. The molecule has 1 aliphatic carbocycles. The number of hydrogen-bond acceptors (Lipinski definition) is 1. The van der Waals surface area contributed by atoms with Gasteiger partial charge in [-0.15, -0.1) is 0 Å². The van der Waals surface area contributed by atoms with Crippen molar-refractivity contribution in [1.82, 2.24) is 0 Å². The van der Waals surface area contributed by atoms with Crippen LogP contribution in [0, 0.1) is 6.92 Å². The lowest BCUT2D eigenvalue weighted by molar-refractivity contribution is 0.306. The summed E-state index contributed by atoms with van der Waals surface area (Å²) < 4.78 is 5.83. The third-order valence-electron chi connectivity index (χ3n) is 3.51. The number of hydrogen-bond donors (Lipinski definition) is 0. The smallest absolute Gasteiger partial charge is 0.120 e. The summed E-state index contributed by atoms with van der Waals surface area (Å²) in [6, 6.07) is 16.8. The predicted octanol–water partition coefficient (Wildman–Crippen LogP) is 4.45. The van der Waals surface area contributed by atoms with E-state index in [1.54, 1.807) is 0 Å². The van der Waals surface area contributed by atoms with E-state index in [2.05, 4.69) is 37.3 Å². The molecule has 0 saturated heterocycles. The molecular weight excluding hydrogens is 220 g/mol. The van der Waals surface area contributed by atoms with Crippen LogP contribution in [0.3, 0.4) is 0 Å². The summed E-state index contributed by atoms with van der Waals surface area (Å²) >= 11 is 0. The fourth-order valence-electron chi connectivity index (χ4n) is 2.33. The zero-order valence-corrected chi connectivity index (χ0v) is 10.7. The van der Waals surface area contributed by atoms with Crippen LogP contribution >= 0.6 is 0 Å². The summed E-state index contributed by atoms with van der Waals surface area (Å²) in [5.41, 5.74) is 4.08. The second kappa shape index (κ2) is 4.85. The Hall–Kier alpha value is -1.76. The maximum absolute atomic E-state index is 5.83. The van der Waals surface area contributed by atoms with Crippen LogP contribution in [0.1, 0.15) is 35.4 Å². The van der Waals surface area contributed by atoms with Gasteiger partial charge in [-0.3, -0.25) is 0 Å². The molecule has 1 heteroatoms. The minimum Gasteiger partial charge on any atom is -0.489 e. The molecule has 0 unspecified atom stereocenters. The van der Waals surface area contributed by atoms with Crippen LogP contribution in [0.25, 0.3) is 0 Å². The fourth-order valence-corrected chi connectivity index (χ4v) is 2.33. The van der Waals surface area contributed by atoms with Crippen molar-refractivity contribution in [3.8, 4) is 5.75 Å². The quantitative estimate of drug-likeness (QED) is 0.764. The van der Waals surface area contributed by atoms with Crippen LogP contribution in [-0.4, -0.2) is 0 Å². The zero-order chi connectivity index (χ0) is 12.4. The topological polar surface area (TPSA) is 9.23 Å². The number of rotatable bonds is 4. The van der Waals surface area contributed by atoms with Gasteiger partial charge in [0, 0.05) is 0 Å². The summed E-state index contributed by atoms with van der Waals surface area (Å²) in [5.74, 6) is 1.79. The molecular formula is C17H18O. The Morgan fingerprint density at radius 3 is 2.50 bits per heavy atom. The molecule has 18 heavy (non-hydrogen) atoms. The van der Waals surface area contributed by atoms with E-state index in [0.29, 0.717) is 6.61 Å². The second-order valence-electron chi connectivity index (χ2n) is 5.07. The molecule has 0 bridgehead atoms. The summed E-state index contributed by atoms with van der Waals surface area (Å²) in [6.07, 6.45) is 2.70. The van der Waals surface area contributed by atoms with Gasteiger partial charge < -0.3 is 4.74 Å². The van der Waals surface area contributed by atoms with Crippen LogP contribution < -0.4 is 4.74 Å². The SMILES string of the molecule is Cc1cc(OCc2ccccc2)ccc1C1CC1. The summed E-state index contributed by atoms with van der Waals surface area (Å²) in [6.45, 7) is 2.83. The van der Waals surface area contributed by atoms with Gasteiger partial charge in [-0.25, -0.2) is 0 Å². The molecule has 1 fully saturated rings. The van der Waals surface area contributed by atoms with Gasteiger partial charge in [0.1, 0.15) is 12.4 Å². The van der Waals surface area contributed by atoms with E-state index >= 15 is 0 Å². The molecule has 3 rings (SSSR count). The molecule has 0 aliphatic heterocycles. The average molecular weight is 238 g/mol. The largest absolute Gasteiger partial charge is 0.489 e. The Bertz CT molecular complexity index is 527. The maximum Gasteiger partial charge on any atom is 0.120 e. The Labute approximate surface area is 108 Å². The minimum atomic E-state index is 0.642. The highest BCUT2D eigenvalue weighted by atomic mass is 16.5. The monoisotopic (exact) mass is 238 g/mol. The number of aryl methyl sites for hydroxylation is 1. The van der Waals surface area contributed by atoms with Gasteiger partial charge >= 0.3 is 0 Å². The highest BCUT2D eigenvalue weighted by molar-refractivity contribution is 5.38. The third kappa shape index (κ3) is 2.56. The first-order valence-electron chi connectivity index (χ1n) is 6.60. The van der Waals surface area contributed by atoms with Crippen molar-refractivity contribution in [1.29, 1.82) is 0 Å². The fraction of sp³-hybridized carbons (Fsp3) is 0.294. The van der Waals surface area contributed by atoms with Crippen molar-refractivity contribution in [3.05, 3.63) is 65.2 Å². The van der Waals surface area contributed by atoms with Gasteiger partial charge in [0.05, 0.1) is 0 Å². The van der Waals surface area contributed by atoms with E-state index in [-0.39, 0.29) is 0 Å². The Morgan fingerprint density at radius 2 is 1.83 bits per heavy atom. The van der Waals surface area contributed by atoms with Gasteiger partial charge in [0.15, 0.2) is 0 Å². The van der Waals surface area contributed by atoms with E-state index in [4.69, 9.17) is 4.74 Å². The van der Waals surface area contributed by atoms with Crippen LogP contribution in [0.4, 0.5) is 0 Å². The van der Waals surface area contributed by atoms with Crippen molar-refractivity contribution < 1.29 is 4.74 Å². The van der Waals surface area contributed by atoms with Crippen LogP contribution in [0.15, 0.2) is 48.5 Å². The molecule has 0 N–H and O–H groups in total. The first kappa shape index (κ1) is 11.3. The molecule has 1 aliphatic rings.